The van der Waals surface area contributed by atoms with E-state index in [4.69, 9.17) is 70.1 Å². The van der Waals surface area contributed by atoms with Crippen molar-refractivity contribution in [1.29, 1.82) is 0 Å². The first-order chi connectivity index (χ1) is 49.1. The van der Waals surface area contributed by atoms with Crippen molar-refractivity contribution >= 4 is 35.3 Å². The quantitative estimate of drug-likeness (QED) is 0.0775. The SMILES string of the molecule is CC[Si](CC)(CC)O[C@@H]1[C@@H]2O[C@H]3[C@H](C[C@H]2O[C@H]2C[C@@H](OCc4ccccc4)[C@H](COCc4ccccc4)O[C@@]21C)O[C@@H]1C[C@@H]2O[C@@H]4C[C@@H]5O[C@@H]6C[C@@H]7O[C@](C)(CCO[Si](c8ccccc8)(c8ccccc8)C(C)(C)C)[C@@H](O[Si](C)(C)C(C)(C)C)C[C@H]7O[C@H]6C[C@H]5O[C@H]4CC[C@@]2(C)O[C@@]1(C)CC[C@@H]3C. The van der Waals surface area contributed by atoms with Gasteiger partial charge in [0.05, 0.1) is 134 Å². The van der Waals surface area contributed by atoms with Crippen molar-refractivity contribution in [3.05, 3.63) is 132 Å². The van der Waals surface area contributed by atoms with Gasteiger partial charge in [-0.3, -0.25) is 0 Å². The van der Waals surface area contributed by atoms with E-state index in [-0.39, 0.29) is 132 Å². The van der Waals surface area contributed by atoms with Gasteiger partial charge in [-0.05, 0) is 122 Å². The van der Waals surface area contributed by atoms with Gasteiger partial charge in [0, 0.05) is 58.0 Å². The lowest BCUT2D eigenvalue weighted by Crippen LogP contribution is -2.75. The zero-order valence-corrected chi connectivity index (χ0v) is 68.2. The minimum Gasteiger partial charge on any atom is -0.411 e. The third kappa shape index (κ3) is 15.2. The summed E-state index contributed by atoms with van der Waals surface area (Å²) in [6.45, 7) is 39.0. The Morgan fingerprint density at radius 1 is 0.485 bits per heavy atom. The lowest BCUT2D eigenvalue weighted by molar-refractivity contribution is -0.365. The zero-order valence-electron chi connectivity index (χ0n) is 65.2. The Kier molecular flexibility index (Phi) is 22.6. The lowest BCUT2D eigenvalue weighted by atomic mass is 9.73. The standard InChI is InChI=1S/C85H126O15Si3/c1-17-102(18-2,19-3)99-79-78-71(94-76-50-62(87-54-58-34-26-21-27-35-58)72(97-85(76,79)14)55-86-53-57-32-24-20-25-33-57)49-70-77(95-78)56(4)40-42-83(12)74(93-70)52-73-84(13,100-83)43-41-61-63(92-73)46-65-64(89-61)47-66-67(90-65)48-69-68(91-66)51-75(98-101(15,16)80(5,6)7)82(11,96-69)44-45-88-103(81(8,9)10,59-36-28-22-29-37-59)60-38-30-23-31-39-60/h20-39,56,61-79H,17-19,40-55H2,1-16H3/t56-,61-,62+,63+,64+,65-,66-,67+,68+,69-,70-,71+,72-,73-,74+,75-,76-,77+,78+,79+,82+,83-,84+,85-/m0/s1. The summed E-state index contributed by atoms with van der Waals surface area (Å²) in [5, 5.41) is 2.40. The minimum atomic E-state index is -2.82. The fourth-order valence-electron chi connectivity index (χ4n) is 19.8. The van der Waals surface area contributed by atoms with Gasteiger partial charge in [-0.15, -0.1) is 0 Å². The van der Waals surface area contributed by atoms with Crippen LogP contribution < -0.4 is 10.4 Å². The van der Waals surface area contributed by atoms with E-state index in [1.807, 2.05) is 12.1 Å². The third-order valence-corrected chi connectivity index (χ3v) is 41.5. The molecule has 103 heavy (non-hydrogen) atoms. The first-order valence-corrected chi connectivity index (χ1v) is 47.5. The fraction of sp³-hybridized carbons (Fsp3) is 0.718. The molecule has 0 spiro atoms. The molecule has 24 atom stereocenters. The average molecular weight is 1470 g/mol. The van der Waals surface area contributed by atoms with Gasteiger partial charge in [-0.25, -0.2) is 0 Å². The summed E-state index contributed by atoms with van der Waals surface area (Å²) in [6.07, 6.45) is 4.81. The molecule has 10 fully saturated rings. The fourth-order valence-corrected chi connectivity index (χ4v) is 28.7. The van der Waals surface area contributed by atoms with Crippen LogP contribution in [-0.2, 0) is 83.3 Å². The molecule has 14 rings (SSSR count). The Morgan fingerprint density at radius 3 is 1.55 bits per heavy atom. The van der Waals surface area contributed by atoms with Gasteiger partial charge in [-0.2, -0.15) is 0 Å². The first-order valence-electron chi connectivity index (χ1n) is 40.1. The van der Waals surface area contributed by atoms with Crippen LogP contribution in [0.3, 0.4) is 0 Å². The van der Waals surface area contributed by atoms with Crippen LogP contribution in [0.5, 0.6) is 0 Å². The van der Waals surface area contributed by atoms with E-state index in [1.165, 1.54) is 10.4 Å². The van der Waals surface area contributed by atoms with Crippen LogP contribution in [0, 0.1) is 5.92 Å². The van der Waals surface area contributed by atoms with E-state index in [0.29, 0.717) is 52.1 Å². The maximum Gasteiger partial charge on any atom is 0.261 e. The van der Waals surface area contributed by atoms with Crippen LogP contribution >= 0.6 is 0 Å². The molecule has 10 aliphatic heterocycles. The van der Waals surface area contributed by atoms with Crippen molar-refractivity contribution < 1.29 is 70.1 Å². The molecule has 18 heteroatoms. The Bertz CT molecular complexity index is 3370. The molecule has 4 aromatic rings. The molecule has 568 valence electrons. The lowest BCUT2D eigenvalue weighted by Gasteiger charge is -2.61. The highest BCUT2D eigenvalue weighted by molar-refractivity contribution is 6.99. The van der Waals surface area contributed by atoms with Crippen LogP contribution in [0.2, 0.25) is 41.3 Å². The van der Waals surface area contributed by atoms with Crippen LogP contribution in [0.1, 0.15) is 185 Å². The van der Waals surface area contributed by atoms with E-state index in [1.54, 1.807) is 0 Å². The van der Waals surface area contributed by atoms with Gasteiger partial charge in [0.25, 0.3) is 8.32 Å². The number of fused-ring (bicyclic) bond motifs is 9. The largest absolute Gasteiger partial charge is 0.411 e. The summed E-state index contributed by atoms with van der Waals surface area (Å²) < 4.78 is 112. The molecular formula is C85H126O15Si3. The van der Waals surface area contributed by atoms with E-state index in [2.05, 4.69) is 219 Å². The molecule has 0 amide bonds. The summed E-state index contributed by atoms with van der Waals surface area (Å²) in [4.78, 5) is 0. The van der Waals surface area contributed by atoms with E-state index in [9.17, 15) is 0 Å². The topological polar surface area (TPSA) is 138 Å². The number of hydrogen-bond donors (Lipinski definition) is 0. The summed E-state index contributed by atoms with van der Waals surface area (Å²) >= 11 is 0. The minimum absolute atomic E-state index is 0.00419. The van der Waals surface area contributed by atoms with E-state index >= 15 is 0 Å². The second-order valence-electron chi connectivity index (χ2n) is 36.2. The molecule has 10 aliphatic rings. The molecule has 0 bridgehead atoms. The highest BCUT2D eigenvalue weighted by Crippen LogP contribution is 2.55. The van der Waals surface area contributed by atoms with Gasteiger partial charge in [-0.1, -0.05) is 191 Å². The maximum atomic E-state index is 7.83. The number of hydrogen-bond acceptors (Lipinski definition) is 15. The van der Waals surface area contributed by atoms with Crippen molar-refractivity contribution in [3.63, 3.8) is 0 Å². The van der Waals surface area contributed by atoms with Crippen molar-refractivity contribution in [2.24, 2.45) is 5.92 Å². The molecule has 0 radical (unpaired) electrons. The van der Waals surface area contributed by atoms with Gasteiger partial charge < -0.3 is 70.1 Å². The molecule has 0 aromatic heterocycles. The summed E-state index contributed by atoms with van der Waals surface area (Å²) in [7, 11) is -7.37. The average Bonchev–Trinajstić information content (AvgIpc) is 1.78. The summed E-state index contributed by atoms with van der Waals surface area (Å²) in [6, 6.07) is 45.7. The summed E-state index contributed by atoms with van der Waals surface area (Å²) in [5.41, 5.74) is -0.370. The van der Waals surface area contributed by atoms with Crippen LogP contribution in [0.4, 0.5) is 0 Å². The van der Waals surface area contributed by atoms with Gasteiger partial charge in [0.1, 0.15) is 23.9 Å². The number of benzene rings is 4. The molecule has 0 aliphatic carbocycles. The number of rotatable bonds is 20. The van der Waals surface area contributed by atoms with Crippen molar-refractivity contribution in [1.82, 2.24) is 0 Å². The zero-order chi connectivity index (χ0) is 72.5. The van der Waals surface area contributed by atoms with E-state index in [0.717, 1.165) is 80.6 Å². The molecule has 15 nitrogen and oxygen atoms in total. The van der Waals surface area contributed by atoms with Gasteiger partial charge >= 0.3 is 0 Å². The van der Waals surface area contributed by atoms with Crippen molar-refractivity contribution in [2.75, 3.05) is 13.2 Å². The first kappa shape index (κ1) is 76.7. The second kappa shape index (κ2) is 30.3. The highest BCUT2D eigenvalue weighted by atomic mass is 28.4. The van der Waals surface area contributed by atoms with Crippen LogP contribution in [-0.4, -0.2) is 177 Å². The Morgan fingerprint density at radius 2 is 0.981 bits per heavy atom. The number of ether oxygens (including phenoxy) is 12. The summed E-state index contributed by atoms with van der Waals surface area (Å²) in [5.74, 6) is 0.173. The molecule has 0 unspecified atom stereocenters. The van der Waals surface area contributed by atoms with Crippen LogP contribution in [0.15, 0.2) is 121 Å². The van der Waals surface area contributed by atoms with Crippen molar-refractivity contribution in [2.45, 2.75) is 367 Å². The molecule has 10 saturated heterocycles. The predicted molar refractivity (Wildman–Crippen MR) is 408 cm³/mol. The Balaban J connectivity index is 0.669. The molecule has 4 aromatic carbocycles. The molecule has 0 N–H and O–H groups in total. The highest BCUT2D eigenvalue weighted by Gasteiger charge is 2.66. The Hall–Kier alpha value is -3.07. The monoisotopic (exact) mass is 1470 g/mol. The Labute approximate surface area is 620 Å². The van der Waals surface area contributed by atoms with Crippen molar-refractivity contribution in [3.8, 4) is 0 Å². The van der Waals surface area contributed by atoms with E-state index < -0.39 is 47.4 Å². The maximum absolute atomic E-state index is 7.83. The van der Waals surface area contributed by atoms with Gasteiger partial charge in [0.2, 0.25) is 0 Å². The predicted octanol–water partition coefficient (Wildman–Crippen LogP) is 15.7. The second-order valence-corrected chi connectivity index (χ2v) is 50.0. The molecule has 10 heterocycles. The van der Waals surface area contributed by atoms with Gasteiger partial charge in [0.15, 0.2) is 16.6 Å². The normalized spacial score (nSPS) is 39.9. The third-order valence-electron chi connectivity index (χ3n) is 27.4. The molecular weight excluding hydrogens is 1350 g/mol. The molecule has 0 saturated carbocycles. The van der Waals surface area contributed by atoms with Crippen LogP contribution in [0.25, 0.3) is 0 Å². The smallest absolute Gasteiger partial charge is 0.261 e.